The molecule has 0 aliphatic rings. The standard InChI is InChI=1S/C6H9NO/c1-5(4-7-3)6(2)8/h4H,3H2,1-2H3. The molecule has 0 atom stereocenters. The first-order valence-corrected chi connectivity index (χ1v) is 2.32. The molecule has 8 heavy (non-hydrogen) atoms. The molecule has 0 saturated carbocycles. The fourth-order valence-electron chi connectivity index (χ4n) is 0.228. The average molecular weight is 111 g/mol. The van der Waals surface area contributed by atoms with Crippen LogP contribution in [0.4, 0.5) is 0 Å². The molecule has 0 aromatic heterocycles. The number of ketones is 1. The minimum absolute atomic E-state index is 0.0393. The summed E-state index contributed by atoms with van der Waals surface area (Å²) in [6, 6.07) is 0. The molecule has 0 aromatic carbocycles. The quantitative estimate of drug-likeness (QED) is 0.388. The molecular formula is C6H9NO. The second kappa shape index (κ2) is 3.13. The van der Waals surface area contributed by atoms with Gasteiger partial charge in [-0.25, -0.2) is 0 Å². The van der Waals surface area contributed by atoms with Crippen molar-refractivity contribution >= 4 is 12.5 Å². The van der Waals surface area contributed by atoms with Crippen LogP contribution in [0.25, 0.3) is 0 Å². The number of hydrogen-bond donors (Lipinski definition) is 0. The summed E-state index contributed by atoms with van der Waals surface area (Å²) in [7, 11) is 0. The van der Waals surface area contributed by atoms with E-state index in [1.807, 2.05) is 0 Å². The van der Waals surface area contributed by atoms with Crippen LogP contribution in [-0.4, -0.2) is 12.5 Å². The van der Waals surface area contributed by atoms with Gasteiger partial charge in [0.25, 0.3) is 0 Å². The summed E-state index contributed by atoms with van der Waals surface area (Å²) in [4.78, 5) is 13.8. The topological polar surface area (TPSA) is 29.4 Å². The van der Waals surface area contributed by atoms with E-state index in [0.29, 0.717) is 5.57 Å². The van der Waals surface area contributed by atoms with Crippen molar-refractivity contribution in [3.63, 3.8) is 0 Å². The fourth-order valence-corrected chi connectivity index (χ4v) is 0.228. The van der Waals surface area contributed by atoms with Crippen molar-refractivity contribution in [1.29, 1.82) is 0 Å². The Hall–Kier alpha value is -0.920. The van der Waals surface area contributed by atoms with E-state index in [0.717, 1.165) is 0 Å². The third-order valence-electron chi connectivity index (χ3n) is 0.840. The maximum absolute atomic E-state index is 10.4. The third kappa shape index (κ3) is 2.29. The maximum Gasteiger partial charge on any atom is 0.157 e. The molecule has 0 aliphatic heterocycles. The predicted molar refractivity (Wildman–Crippen MR) is 34.0 cm³/mol. The Kier molecular flexibility index (Phi) is 2.77. The van der Waals surface area contributed by atoms with Crippen molar-refractivity contribution in [2.75, 3.05) is 0 Å². The van der Waals surface area contributed by atoms with Crippen LogP contribution in [0.2, 0.25) is 0 Å². The molecule has 0 amide bonds. The Labute approximate surface area is 48.9 Å². The largest absolute Gasteiger partial charge is 0.295 e. The zero-order chi connectivity index (χ0) is 6.57. The summed E-state index contributed by atoms with van der Waals surface area (Å²) in [6.45, 7) is 6.41. The molecule has 0 spiro atoms. The van der Waals surface area contributed by atoms with E-state index in [2.05, 4.69) is 11.7 Å². The molecule has 44 valence electrons. The summed E-state index contributed by atoms with van der Waals surface area (Å²) in [5, 5.41) is 0. The van der Waals surface area contributed by atoms with Crippen LogP contribution < -0.4 is 0 Å². The highest BCUT2D eigenvalue weighted by Crippen LogP contribution is 1.91. The van der Waals surface area contributed by atoms with Crippen LogP contribution in [-0.2, 0) is 4.79 Å². The molecule has 0 N–H and O–H groups in total. The molecule has 2 nitrogen and oxygen atoms in total. The van der Waals surface area contributed by atoms with Crippen molar-refractivity contribution in [2.45, 2.75) is 13.8 Å². The molecule has 0 rings (SSSR count). The van der Waals surface area contributed by atoms with Gasteiger partial charge in [0.1, 0.15) is 0 Å². The molecular weight excluding hydrogens is 102 g/mol. The number of aliphatic imine (C=N–C) groups is 1. The molecule has 0 radical (unpaired) electrons. The smallest absolute Gasteiger partial charge is 0.157 e. The summed E-state index contributed by atoms with van der Waals surface area (Å²) in [6.07, 6.45) is 1.45. The van der Waals surface area contributed by atoms with Crippen LogP contribution >= 0.6 is 0 Å². The average Bonchev–Trinajstić information content (AvgIpc) is 1.67. The number of allylic oxidation sites excluding steroid dienone is 1. The third-order valence-corrected chi connectivity index (χ3v) is 0.840. The van der Waals surface area contributed by atoms with Gasteiger partial charge in [0.2, 0.25) is 0 Å². The first kappa shape index (κ1) is 7.08. The monoisotopic (exact) mass is 111 g/mol. The van der Waals surface area contributed by atoms with Gasteiger partial charge in [-0.05, 0) is 20.6 Å². The van der Waals surface area contributed by atoms with Crippen molar-refractivity contribution < 1.29 is 4.79 Å². The summed E-state index contributed by atoms with van der Waals surface area (Å²) in [5.41, 5.74) is 0.639. The summed E-state index contributed by atoms with van der Waals surface area (Å²) < 4.78 is 0. The Bertz CT molecular complexity index is 135. The van der Waals surface area contributed by atoms with Gasteiger partial charge in [-0.2, -0.15) is 0 Å². The van der Waals surface area contributed by atoms with Gasteiger partial charge in [0.15, 0.2) is 5.78 Å². The fraction of sp³-hybridized carbons (Fsp3) is 0.333. The molecule has 0 aromatic rings. The molecule has 0 saturated heterocycles. The maximum atomic E-state index is 10.4. The van der Waals surface area contributed by atoms with E-state index in [-0.39, 0.29) is 5.78 Å². The second-order valence-corrected chi connectivity index (χ2v) is 1.55. The predicted octanol–water partition coefficient (Wildman–Crippen LogP) is 1.18. The van der Waals surface area contributed by atoms with Gasteiger partial charge in [-0.1, -0.05) is 0 Å². The number of hydrogen-bond acceptors (Lipinski definition) is 2. The van der Waals surface area contributed by atoms with E-state index < -0.39 is 0 Å². The van der Waals surface area contributed by atoms with Crippen molar-refractivity contribution in [3.8, 4) is 0 Å². The lowest BCUT2D eigenvalue weighted by atomic mass is 10.2. The van der Waals surface area contributed by atoms with Gasteiger partial charge < -0.3 is 0 Å². The molecule has 0 fully saturated rings. The minimum atomic E-state index is 0.0393. The van der Waals surface area contributed by atoms with Crippen molar-refractivity contribution in [3.05, 3.63) is 11.8 Å². The molecule has 0 heterocycles. The Morgan fingerprint density at radius 2 is 2.12 bits per heavy atom. The highest BCUT2D eigenvalue weighted by molar-refractivity contribution is 5.92. The molecule has 0 aliphatic carbocycles. The Morgan fingerprint density at radius 1 is 1.62 bits per heavy atom. The molecule has 0 unspecified atom stereocenters. The van der Waals surface area contributed by atoms with Gasteiger partial charge >= 0.3 is 0 Å². The number of rotatable bonds is 2. The van der Waals surface area contributed by atoms with Gasteiger partial charge in [-0.15, -0.1) is 0 Å². The minimum Gasteiger partial charge on any atom is -0.295 e. The number of carbonyl (C=O) groups is 1. The van der Waals surface area contributed by atoms with Crippen molar-refractivity contribution in [2.24, 2.45) is 4.99 Å². The molecule has 0 bridgehead atoms. The Morgan fingerprint density at radius 3 is 2.25 bits per heavy atom. The zero-order valence-electron chi connectivity index (χ0n) is 5.14. The first-order chi connectivity index (χ1) is 3.68. The van der Waals surface area contributed by atoms with Crippen molar-refractivity contribution in [1.82, 2.24) is 0 Å². The number of nitrogens with zero attached hydrogens (tertiary/aromatic N) is 1. The lowest BCUT2D eigenvalue weighted by Crippen LogP contribution is -1.89. The van der Waals surface area contributed by atoms with E-state index >= 15 is 0 Å². The lowest BCUT2D eigenvalue weighted by molar-refractivity contribution is -0.113. The van der Waals surface area contributed by atoms with Crippen LogP contribution in [0.15, 0.2) is 16.8 Å². The zero-order valence-corrected chi connectivity index (χ0v) is 5.14. The van der Waals surface area contributed by atoms with E-state index in [9.17, 15) is 4.79 Å². The van der Waals surface area contributed by atoms with Gasteiger partial charge in [0.05, 0.1) is 0 Å². The van der Waals surface area contributed by atoms with E-state index in [4.69, 9.17) is 0 Å². The number of Topliss-reactive ketones (excluding diaryl/α,β-unsaturated/α-hetero) is 1. The lowest BCUT2D eigenvalue weighted by Gasteiger charge is -1.85. The summed E-state index contributed by atoms with van der Waals surface area (Å²) in [5.74, 6) is 0.0393. The van der Waals surface area contributed by atoms with Crippen LogP contribution in [0.5, 0.6) is 0 Å². The second-order valence-electron chi connectivity index (χ2n) is 1.55. The van der Waals surface area contributed by atoms with E-state index in [1.165, 1.54) is 13.1 Å². The first-order valence-electron chi connectivity index (χ1n) is 2.32. The van der Waals surface area contributed by atoms with E-state index in [1.54, 1.807) is 6.92 Å². The van der Waals surface area contributed by atoms with Crippen LogP contribution in [0.1, 0.15) is 13.8 Å². The Balaban J connectivity index is 3.99. The normalized spacial score (nSPS) is 11.0. The highest BCUT2D eigenvalue weighted by Gasteiger charge is 1.91. The van der Waals surface area contributed by atoms with Gasteiger partial charge in [-0.3, -0.25) is 9.79 Å². The molecule has 2 heteroatoms. The highest BCUT2D eigenvalue weighted by atomic mass is 16.1. The van der Waals surface area contributed by atoms with Gasteiger partial charge in [0, 0.05) is 11.8 Å². The number of carbonyl (C=O) groups excluding carboxylic acids is 1. The van der Waals surface area contributed by atoms with Crippen LogP contribution in [0, 0.1) is 0 Å². The SMILES string of the molecule is C=NC=C(C)C(C)=O. The summed E-state index contributed by atoms with van der Waals surface area (Å²) >= 11 is 0. The van der Waals surface area contributed by atoms with Crippen LogP contribution in [0.3, 0.4) is 0 Å².